The molecule has 0 aromatic rings. The fraction of sp³-hybridized carbons (Fsp3) is 0.947. The van der Waals surface area contributed by atoms with Gasteiger partial charge in [0, 0.05) is 19.5 Å². The molecular formula is C19H38N2O2. The van der Waals surface area contributed by atoms with Crippen molar-refractivity contribution < 1.29 is 9.53 Å². The summed E-state index contributed by atoms with van der Waals surface area (Å²) in [6, 6.07) is 0. The summed E-state index contributed by atoms with van der Waals surface area (Å²) in [7, 11) is 0. The van der Waals surface area contributed by atoms with Crippen LogP contribution in [-0.4, -0.2) is 43.3 Å². The Morgan fingerprint density at radius 1 is 0.957 bits per heavy atom. The molecule has 1 heterocycles. The summed E-state index contributed by atoms with van der Waals surface area (Å²) < 4.78 is 5.38. The van der Waals surface area contributed by atoms with Gasteiger partial charge in [-0.05, 0) is 12.8 Å². The van der Waals surface area contributed by atoms with Crippen molar-refractivity contribution in [2.24, 2.45) is 0 Å². The molecule has 1 rings (SSSR count). The standard InChI is InChI=1S/C19H38N2O2/c1-3-5-6-7-8-9-10-11-12-13-19(22)20-18(4-2)21-14-16-23-17-15-21/h18H,3-17H2,1-2H3,(H,20,22). The number of ether oxygens (including phenoxy) is 1. The summed E-state index contributed by atoms with van der Waals surface area (Å²) >= 11 is 0. The highest BCUT2D eigenvalue weighted by atomic mass is 16.5. The molecule has 1 fully saturated rings. The lowest BCUT2D eigenvalue weighted by Crippen LogP contribution is -2.51. The molecule has 0 bridgehead atoms. The minimum atomic E-state index is 0.185. The molecule has 1 atom stereocenters. The highest BCUT2D eigenvalue weighted by Gasteiger charge is 2.20. The van der Waals surface area contributed by atoms with Crippen LogP contribution < -0.4 is 5.32 Å². The van der Waals surface area contributed by atoms with E-state index in [1.54, 1.807) is 0 Å². The molecule has 1 saturated heterocycles. The summed E-state index contributed by atoms with van der Waals surface area (Å²) in [5.41, 5.74) is 0. The Hall–Kier alpha value is -0.610. The summed E-state index contributed by atoms with van der Waals surface area (Å²) in [5.74, 6) is 0.214. The molecule has 0 aromatic heterocycles. The van der Waals surface area contributed by atoms with E-state index in [9.17, 15) is 4.79 Å². The molecule has 1 unspecified atom stereocenters. The fourth-order valence-corrected chi connectivity index (χ4v) is 3.19. The van der Waals surface area contributed by atoms with Crippen molar-refractivity contribution in [1.82, 2.24) is 10.2 Å². The maximum absolute atomic E-state index is 12.1. The lowest BCUT2D eigenvalue weighted by atomic mass is 10.1. The highest BCUT2D eigenvalue weighted by Crippen LogP contribution is 2.11. The Labute approximate surface area is 143 Å². The van der Waals surface area contributed by atoms with Crippen molar-refractivity contribution in [3.63, 3.8) is 0 Å². The van der Waals surface area contributed by atoms with Gasteiger partial charge in [-0.25, -0.2) is 0 Å². The molecule has 1 aliphatic rings. The quantitative estimate of drug-likeness (QED) is 0.518. The van der Waals surface area contributed by atoms with Crippen LogP contribution in [0.3, 0.4) is 0 Å². The first-order chi connectivity index (χ1) is 11.3. The van der Waals surface area contributed by atoms with Crippen molar-refractivity contribution in [2.75, 3.05) is 26.3 Å². The van der Waals surface area contributed by atoms with Crippen LogP contribution in [0.1, 0.15) is 84.5 Å². The second-order valence-corrected chi connectivity index (χ2v) is 6.72. The maximum atomic E-state index is 12.1. The molecule has 4 nitrogen and oxygen atoms in total. The number of hydrogen-bond donors (Lipinski definition) is 1. The number of carbonyl (C=O) groups excluding carboxylic acids is 1. The van der Waals surface area contributed by atoms with E-state index in [-0.39, 0.29) is 12.1 Å². The van der Waals surface area contributed by atoms with Crippen LogP contribution in [0.5, 0.6) is 0 Å². The van der Waals surface area contributed by atoms with E-state index in [0.29, 0.717) is 6.42 Å². The van der Waals surface area contributed by atoms with Crippen LogP contribution in [0.25, 0.3) is 0 Å². The third kappa shape index (κ3) is 9.98. The van der Waals surface area contributed by atoms with Gasteiger partial charge in [0.15, 0.2) is 0 Å². The third-order valence-corrected chi connectivity index (χ3v) is 4.71. The first-order valence-electron chi connectivity index (χ1n) is 9.89. The Morgan fingerprint density at radius 2 is 1.52 bits per heavy atom. The van der Waals surface area contributed by atoms with Crippen LogP contribution in [0.15, 0.2) is 0 Å². The normalized spacial score (nSPS) is 17.1. The van der Waals surface area contributed by atoms with Crippen LogP contribution in [0.2, 0.25) is 0 Å². The molecule has 136 valence electrons. The zero-order valence-electron chi connectivity index (χ0n) is 15.4. The molecule has 1 amide bonds. The summed E-state index contributed by atoms with van der Waals surface area (Å²) in [6.45, 7) is 7.81. The number of amides is 1. The minimum absolute atomic E-state index is 0.185. The predicted octanol–water partition coefficient (Wildman–Crippen LogP) is 4.09. The molecule has 0 aromatic carbocycles. The van der Waals surface area contributed by atoms with Gasteiger partial charge < -0.3 is 10.1 Å². The van der Waals surface area contributed by atoms with E-state index >= 15 is 0 Å². The average molecular weight is 327 g/mol. The number of nitrogens with one attached hydrogen (secondary N) is 1. The van der Waals surface area contributed by atoms with E-state index in [0.717, 1.165) is 39.1 Å². The Bertz CT molecular complexity index is 291. The van der Waals surface area contributed by atoms with E-state index < -0.39 is 0 Å². The monoisotopic (exact) mass is 326 g/mol. The smallest absolute Gasteiger partial charge is 0.221 e. The van der Waals surface area contributed by atoms with Gasteiger partial charge in [-0.2, -0.15) is 0 Å². The molecule has 0 saturated carbocycles. The topological polar surface area (TPSA) is 41.6 Å². The van der Waals surface area contributed by atoms with Gasteiger partial charge in [0.05, 0.1) is 19.4 Å². The maximum Gasteiger partial charge on any atom is 0.221 e. The molecule has 23 heavy (non-hydrogen) atoms. The average Bonchev–Trinajstić information content (AvgIpc) is 2.59. The van der Waals surface area contributed by atoms with Gasteiger partial charge in [-0.1, -0.05) is 65.2 Å². The molecular weight excluding hydrogens is 288 g/mol. The molecule has 0 aliphatic carbocycles. The molecule has 0 radical (unpaired) electrons. The lowest BCUT2D eigenvalue weighted by Gasteiger charge is -2.34. The number of morpholine rings is 1. The number of unbranched alkanes of at least 4 members (excludes halogenated alkanes) is 8. The predicted molar refractivity (Wildman–Crippen MR) is 96.5 cm³/mol. The highest BCUT2D eigenvalue weighted by molar-refractivity contribution is 5.76. The van der Waals surface area contributed by atoms with Gasteiger partial charge in [-0.15, -0.1) is 0 Å². The number of nitrogens with zero attached hydrogens (tertiary/aromatic N) is 1. The van der Waals surface area contributed by atoms with Gasteiger partial charge >= 0.3 is 0 Å². The second kappa shape index (κ2) is 13.8. The van der Waals surface area contributed by atoms with Crippen LogP contribution in [-0.2, 0) is 9.53 Å². The van der Waals surface area contributed by atoms with E-state index in [4.69, 9.17) is 4.74 Å². The summed E-state index contributed by atoms with van der Waals surface area (Å²) in [6.07, 6.45) is 13.5. The first-order valence-corrected chi connectivity index (χ1v) is 9.89. The van der Waals surface area contributed by atoms with Gasteiger partial charge in [0.25, 0.3) is 0 Å². The van der Waals surface area contributed by atoms with Crippen LogP contribution in [0, 0.1) is 0 Å². The van der Waals surface area contributed by atoms with Gasteiger partial charge in [0.1, 0.15) is 0 Å². The minimum Gasteiger partial charge on any atom is -0.379 e. The molecule has 0 spiro atoms. The van der Waals surface area contributed by atoms with E-state index in [2.05, 4.69) is 24.1 Å². The first kappa shape index (κ1) is 20.4. The van der Waals surface area contributed by atoms with Crippen molar-refractivity contribution in [3.05, 3.63) is 0 Å². The Kier molecular flexibility index (Phi) is 12.3. The molecule has 4 heteroatoms. The van der Waals surface area contributed by atoms with Crippen molar-refractivity contribution in [3.8, 4) is 0 Å². The fourth-order valence-electron chi connectivity index (χ4n) is 3.19. The zero-order chi connectivity index (χ0) is 16.8. The Morgan fingerprint density at radius 3 is 2.09 bits per heavy atom. The number of hydrogen-bond acceptors (Lipinski definition) is 3. The third-order valence-electron chi connectivity index (χ3n) is 4.71. The zero-order valence-corrected chi connectivity index (χ0v) is 15.4. The molecule has 1 aliphatic heterocycles. The summed E-state index contributed by atoms with van der Waals surface area (Å²) in [5, 5.41) is 3.19. The Balaban J connectivity index is 2.00. The van der Waals surface area contributed by atoms with Crippen molar-refractivity contribution >= 4 is 5.91 Å². The molecule has 1 N–H and O–H groups in total. The van der Waals surface area contributed by atoms with E-state index in [1.807, 2.05) is 0 Å². The van der Waals surface area contributed by atoms with E-state index in [1.165, 1.54) is 51.4 Å². The number of carbonyl (C=O) groups is 1. The van der Waals surface area contributed by atoms with Gasteiger partial charge in [-0.3, -0.25) is 9.69 Å². The van der Waals surface area contributed by atoms with Crippen molar-refractivity contribution in [1.29, 1.82) is 0 Å². The number of rotatable bonds is 13. The largest absolute Gasteiger partial charge is 0.379 e. The van der Waals surface area contributed by atoms with Crippen LogP contribution in [0.4, 0.5) is 0 Å². The SMILES string of the molecule is CCCCCCCCCCCC(=O)NC(CC)N1CCOCC1. The van der Waals surface area contributed by atoms with Crippen molar-refractivity contribution in [2.45, 2.75) is 90.6 Å². The lowest BCUT2D eigenvalue weighted by molar-refractivity contribution is -0.124. The summed E-state index contributed by atoms with van der Waals surface area (Å²) in [4.78, 5) is 14.4. The van der Waals surface area contributed by atoms with Gasteiger partial charge in [0.2, 0.25) is 5.91 Å². The second-order valence-electron chi connectivity index (χ2n) is 6.72. The van der Waals surface area contributed by atoms with Crippen LogP contribution >= 0.6 is 0 Å².